The lowest BCUT2D eigenvalue weighted by molar-refractivity contribution is -0.122. The van der Waals surface area contributed by atoms with Gasteiger partial charge in [0.05, 0.1) is 0 Å². The Morgan fingerprint density at radius 2 is 2.33 bits per heavy atom. The first kappa shape index (κ1) is 9.30. The van der Waals surface area contributed by atoms with Crippen molar-refractivity contribution in [2.75, 3.05) is 0 Å². The number of hydrogen-bond acceptors (Lipinski definition) is 1. The number of rotatable bonds is 1. The number of hydrogen-bond donors (Lipinski definition) is 1. The molecular formula is C10H17NO. The van der Waals surface area contributed by atoms with Gasteiger partial charge in [-0.15, -0.1) is 0 Å². The van der Waals surface area contributed by atoms with E-state index in [1.165, 1.54) is 5.57 Å². The average Bonchev–Trinajstić information content (AvgIpc) is 1.95. The lowest BCUT2D eigenvalue weighted by Gasteiger charge is -2.15. The Morgan fingerprint density at radius 1 is 1.58 bits per heavy atom. The van der Waals surface area contributed by atoms with Gasteiger partial charge in [-0.05, 0) is 39.0 Å². The lowest BCUT2D eigenvalue weighted by Crippen LogP contribution is -2.23. The van der Waals surface area contributed by atoms with Gasteiger partial charge < -0.3 is 5.73 Å². The van der Waals surface area contributed by atoms with Crippen LogP contribution in [0.15, 0.2) is 11.6 Å². The summed E-state index contributed by atoms with van der Waals surface area (Å²) in [5.41, 5.74) is 6.72. The number of allylic oxidation sites excluding steroid dienone is 2. The summed E-state index contributed by atoms with van der Waals surface area (Å²) in [6.07, 6.45) is 7.39. The van der Waals surface area contributed by atoms with Crippen LogP contribution in [-0.2, 0) is 4.79 Å². The fourth-order valence-electron chi connectivity index (χ4n) is 1.69. The van der Waals surface area contributed by atoms with E-state index in [0.29, 0.717) is 0 Å². The predicted octanol–water partition coefficient (Wildman–Crippen LogP) is 2.00. The van der Waals surface area contributed by atoms with Crippen molar-refractivity contribution in [2.45, 2.75) is 39.0 Å². The van der Waals surface area contributed by atoms with Crippen molar-refractivity contribution in [3.05, 3.63) is 11.6 Å². The fraction of sp³-hybridized carbons (Fsp3) is 0.700. The highest BCUT2D eigenvalue weighted by Gasteiger charge is 2.15. The van der Waals surface area contributed by atoms with Crippen LogP contribution in [-0.4, -0.2) is 5.91 Å². The molecule has 2 nitrogen and oxygen atoms in total. The van der Waals surface area contributed by atoms with Crippen LogP contribution in [0, 0.1) is 5.92 Å². The van der Waals surface area contributed by atoms with Gasteiger partial charge in [0.1, 0.15) is 0 Å². The molecule has 1 unspecified atom stereocenters. The van der Waals surface area contributed by atoms with Gasteiger partial charge in [0.25, 0.3) is 0 Å². The summed E-state index contributed by atoms with van der Waals surface area (Å²) in [7, 11) is 0. The van der Waals surface area contributed by atoms with Crippen molar-refractivity contribution in [1.82, 2.24) is 0 Å². The third kappa shape index (κ3) is 2.68. The van der Waals surface area contributed by atoms with Gasteiger partial charge in [0.2, 0.25) is 5.91 Å². The molecule has 0 aromatic heterocycles. The topological polar surface area (TPSA) is 43.1 Å². The van der Waals surface area contributed by atoms with E-state index in [1.54, 1.807) is 0 Å². The summed E-state index contributed by atoms with van der Waals surface area (Å²) in [6, 6.07) is 0. The Kier molecular flexibility index (Phi) is 3.32. The molecule has 12 heavy (non-hydrogen) atoms. The van der Waals surface area contributed by atoms with Gasteiger partial charge in [-0.3, -0.25) is 4.79 Å². The Balaban J connectivity index is 2.48. The summed E-state index contributed by atoms with van der Waals surface area (Å²) in [5, 5.41) is 0. The Morgan fingerprint density at radius 3 is 3.00 bits per heavy atom. The highest BCUT2D eigenvalue weighted by Crippen LogP contribution is 2.21. The van der Waals surface area contributed by atoms with E-state index < -0.39 is 0 Å². The van der Waals surface area contributed by atoms with Gasteiger partial charge in [0, 0.05) is 5.92 Å². The molecule has 1 aliphatic carbocycles. The quantitative estimate of drug-likeness (QED) is 0.596. The molecule has 1 rings (SSSR count). The van der Waals surface area contributed by atoms with Gasteiger partial charge >= 0.3 is 0 Å². The molecule has 0 aliphatic heterocycles. The first-order valence-electron chi connectivity index (χ1n) is 4.65. The average molecular weight is 167 g/mol. The molecule has 0 radical (unpaired) electrons. The number of amides is 1. The zero-order chi connectivity index (χ0) is 8.97. The normalized spacial score (nSPS) is 29.8. The molecule has 0 spiro atoms. The zero-order valence-electron chi connectivity index (χ0n) is 7.68. The van der Waals surface area contributed by atoms with E-state index in [0.717, 1.165) is 32.1 Å². The van der Waals surface area contributed by atoms with E-state index in [1.807, 2.05) is 0 Å². The number of primary amides is 1. The van der Waals surface area contributed by atoms with Crippen LogP contribution in [0.25, 0.3) is 0 Å². The maximum atomic E-state index is 10.9. The van der Waals surface area contributed by atoms with E-state index in [-0.39, 0.29) is 11.8 Å². The van der Waals surface area contributed by atoms with Crippen LogP contribution in [0.2, 0.25) is 0 Å². The summed E-state index contributed by atoms with van der Waals surface area (Å²) in [5.74, 6) is -0.00250. The number of carbonyl (C=O) groups is 1. The third-order valence-electron chi connectivity index (χ3n) is 2.53. The van der Waals surface area contributed by atoms with E-state index >= 15 is 0 Å². The predicted molar refractivity (Wildman–Crippen MR) is 49.5 cm³/mol. The van der Waals surface area contributed by atoms with E-state index in [2.05, 4.69) is 13.0 Å². The Hall–Kier alpha value is -0.790. The SMILES string of the molecule is C/C1=C/CCC(C(N)=O)CCC1. The lowest BCUT2D eigenvalue weighted by atomic mass is 9.91. The molecule has 0 aromatic carbocycles. The molecule has 68 valence electrons. The second-order valence-corrected chi connectivity index (χ2v) is 3.62. The minimum absolute atomic E-state index is 0.120. The van der Waals surface area contributed by atoms with Crippen molar-refractivity contribution in [1.29, 1.82) is 0 Å². The molecule has 0 heterocycles. The second-order valence-electron chi connectivity index (χ2n) is 3.62. The molecule has 0 saturated carbocycles. The molecular weight excluding hydrogens is 150 g/mol. The first-order chi connectivity index (χ1) is 5.70. The molecule has 0 bridgehead atoms. The van der Waals surface area contributed by atoms with Crippen molar-refractivity contribution in [2.24, 2.45) is 11.7 Å². The minimum Gasteiger partial charge on any atom is -0.369 e. The summed E-state index contributed by atoms with van der Waals surface area (Å²) < 4.78 is 0. The van der Waals surface area contributed by atoms with Crippen molar-refractivity contribution < 1.29 is 4.79 Å². The van der Waals surface area contributed by atoms with Crippen molar-refractivity contribution in [3.63, 3.8) is 0 Å². The van der Waals surface area contributed by atoms with Gasteiger partial charge in [-0.1, -0.05) is 11.6 Å². The van der Waals surface area contributed by atoms with E-state index in [4.69, 9.17) is 5.73 Å². The molecule has 2 N–H and O–H groups in total. The summed E-state index contributed by atoms with van der Waals surface area (Å²) in [6.45, 7) is 2.16. The summed E-state index contributed by atoms with van der Waals surface area (Å²) in [4.78, 5) is 10.9. The van der Waals surface area contributed by atoms with Crippen molar-refractivity contribution >= 4 is 5.91 Å². The first-order valence-corrected chi connectivity index (χ1v) is 4.65. The van der Waals surface area contributed by atoms with Crippen LogP contribution in [0.1, 0.15) is 39.0 Å². The molecule has 0 aromatic rings. The van der Waals surface area contributed by atoms with Gasteiger partial charge in [0.15, 0.2) is 0 Å². The van der Waals surface area contributed by atoms with Crippen LogP contribution < -0.4 is 5.73 Å². The largest absolute Gasteiger partial charge is 0.369 e. The molecule has 0 saturated heterocycles. The molecule has 1 aliphatic rings. The second kappa shape index (κ2) is 4.29. The van der Waals surface area contributed by atoms with Crippen LogP contribution in [0.5, 0.6) is 0 Å². The van der Waals surface area contributed by atoms with Crippen LogP contribution in [0.4, 0.5) is 0 Å². The van der Waals surface area contributed by atoms with Gasteiger partial charge in [-0.25, -0.2) is 0 Å². The molecule has 1 amide bonds. The standard InChI is InChI=1S/C10H17NO/c1-8-4-2-6-9(10(11)12)7-3-5-8/h4,9H,2-3,5-7H2,1H3,(H2,11,12)/b8-4-. The Bertz CT molecular complexity index is 196. The smallest absolute Gasteiger partial charge is 0.220 e. The monoisotopic (exact) mass is 167 g/mol. The Labute approximate surface area is 73.8 Å². The van der Waals surface area contributed by atoms with Crippen molar-refractivity contribution in [3.8, 4) is 0 Å². The van der Waals surface area contributed by atoms with Gasteiger partial charge in [-0.2, -0.15) is 0 Å². The maximum absolute atomic E-state index is 10.9. The third-order valence-corrected chi connectivity index (χ3v) is 2.53. The summed E-state index contributed by atoms with van der Waals surface area (Å²) >= 11 is 0. The maximum Gasteiger partial charge on any atom is 0.220 e. The number of carbonyl (C=O) groups excluding carboxylic acids is 1. The van der Waals surface area contributed by atoms with E-state index in [9.17, 15) is 4.79 Å². The molecule has 1 atom stereocenters. The molecule has 2 heteroatoms. The van der Waals surface area contributed by atoms with Crippen LogP contribution >= 0.6 is 0 Å². The highest BCUT2D eigenvalue weighted by molar-refractivity contribution is 5.76. The fourth-order valence-corrected chi connectivity index (χ4v) is 1.69. The van der Waals surface area contributed by atoms with Crippen LogP contribution in [0.3, 0.4) is 0 Å². The zero-order valence-corrected chi connectivity index (χ0v) is 7.68. The minimum atomic E-state index is -0.122. The molecule has 0 fully saturated rings. The highest BCUT2D eigenvalue weighted by atomic mass is 16.1. The number of nitrogens with two attached hydrogens (primary N) is 1.